The highest BCUT2D eigenvalue weighted by molar-refractivity contribution is 9.10. The van der Waals surface area contributed by atoms with E-state index in [0.717, 1.165) is 4.47 Å². The van der Waals surface area contributed by atoms with Crippen molar-refractivity contribution in [3.63, 3.8) is 0 Å². The number of hydrogen-bond donors (Lipinski definition) is 0. The molecule has 0 bridgehead atoms. The van der Waals surface area contributed by atoms with Crippen molar-refractivity contribution < 1.29 is 23.9 Å². The summed E-state index contributed by atoms with van der Waals surface area (Å²) in [5.74, 6) is -1.10. The van der Waals surface area contributed by atoms with Gasteiger partial charge in [-0.2, -0.15) is 0 Å². The molecule has 3 aromatic rings. The predicted octanol–water partition coefficient (Wildman–Crippen LogP) is 4.71. The van der Waals surface area contributed by atoms with E-state index < -0.39 is 11.9 Å². The maximum atomic E-state index is 12.2. The van der Waals surface area contributed by atoms with E-state index in [-0.39, 0.29) is 12.4 Å². The van der Waals surface area contributed by atoms with Gasteiger partial charge in [0.2, 0.25) is 0 Å². The fourth-order valence-corrected chi connectivity index (χ4v) is 2.60. The molecule has 0 atom stereocenters. The monoisotopic (exact) mass is 438 g/mol. The predicted molar refractivity (Wildman–Crippen MR) is 107 cm³/mol. The summed E-state index contributed by atoms with van der Waals surface area (Å²) in [6.45, 7) is -0.369. The third kappa shape index (κ3) is 5.14. The largest absolute Gasteiger partial charge is 0.454 e. The normalized spacial score (nSPS) is 10.2. The van der Waals surface area contributed by atoms with E-state index in [0.29, 0.717) is 22.4 Å². The van der Waals surface area contributed by atoms with Crippen LogP contribution in [0.1, 0.15) is 31.1 Å². The number of carbonyl (C=O) groups is 3. The molecule has 0 radical (unpaired) electrons. The van der Waals surface area contributed by atoms with Crippen LogP contribution in [0.15, 0.2) is 83.3 Å². The first-order valence-electron chi connectivity index (χ1n) is 8.36. The van der Waals surface area contributed by atoms with Crippen LogP contribution in [0.5, 0.6) is 5.75 Å². The number of ketones is 1. The molecule has 0 saturated carbocycles. The molecule has 5 nitrogen and oxygen atoms in total. The third-order valence-corrected chi connectivity index (χ3v) is 4.34. The number of carbonyl (C=O) groups excluding carboxylic acids is 3. The first-order valence-corrected chi connectivity index (χ1v) is 9.15. The van der Waals surface area contributed by atoms with E-state index in [4.69, 9.17) is 9.47 Å². The second kappa shape index (κ2) is 9.10. The lowest BCUT2D eigenvalue weighted by molar-refractivity contribution is 0.0474. The van der Waals surface area contributed by atoms with Gasteiger partial charge in [0.05, 0.1) is 11.1 Å². The second-order valence-corrected chi connectivity index (χ2v) is 6.70. The fourth-order valence-electron chi connectivity index (χ4n) is 2.33. The number of rotatable bonds is 6. The summed E-state index contributed by atoms with van der Waals surface area (Å²) in [6.07, 6.45) is 0. The first-order chi connectivity index (χ1) is 13.5. The number of hydrogen-bond acceptors (Lipinski definition) is 5. The third-order valence-electron chi connectivity index (χ3n) is 3.81. The number of halogens is 1. The Kier molecular flexibility index (Phi) is 6.34. The molecule has 0 fully saturated rings. The molecule has 0 aliphatic rings. The Morgan fingerprint density at radius 3 is 1.89 bits per heavy atom. The van der Waals surface area contributed by atoms with Gasteiger partial charge in [0.25, 0.3) is 0 Å². The maximum absolute atomic E-state index is 12.2. The minimum absolute atomic E-state index is 0.311. The van der Waals surface area contributed by atoms with E-state index >= 15 is 0 Å². The summed E-state index contributed by atoms with van der Waals surface area (Å²) >= 11 is 3.30. The zero-order chi connectivity index (χ0) is 19.9. The van der Waals surface area contributed by atoms with Gasteiger partial charge < -0.3 is 9.47 Å². The average Bonchev–Trinajstić information content (AvgIpc) is 2.73. The molecule has 0 aliphatic heterocycles. The summed E-state index contributed by atoms with van der Waals surface area (Å²) in [6, 6.07) is 21.3. The minimum Gasteiger partial charge on any atom is -0.454 e. The molecule has 0 aromatic heterocycles. The van der Waals surface area contributed by atoms with E-state index in [1.807, 2.05) is 0 Å². The van der Waals surface area contributed by atoms with E-state index in [1.54, 1.807) is 54.6 Å². The molecular weight excluding hydrogens is 424 g/mol. The summed E-state index contributed by atoms with van der Waals surface area (Å²) in [7, 11) is 0. The highest BCUT2D eigenvalue weighted by atomic mass is 79.9. The Balaban J connectivity index is 1.56. The lowest BCUT2D eigenvalue weighted by Crippen LogP contribution is -2.14. The van der Waals surface area contributed by atoms with Crippen LogP contribution in [-0.2, 0) is 4.74 Å². The molecule has 0 unspecified atom stereocenters. The van der Waals surface area contributed by atoms with Gasteiger partial charge in [-0.15, -0.1) is 0 Å². The average molecular weight is 439 g/mol. The summed E-state index contributed by atoms with van der Waals surface area (Å²) in [5, 5.41) is 0. The lowest BCUT2D eigenvalue weighted by Gasteiger charge is -2.07. The summed E-state index contributed by atoms with van der Waals surface area (Å²) in [5.41, 5.74) is 1.14. The Morgan fingerprint density at radius 2 is 1.25 bits per heavy atom. The van der Waals surface area contributed by atoms with Crippen LogP contribution in [-0.4, -0.2) is 24.3 Å². The van der Waals surface area contributed by atoms with Crippen molar-refractivity contribution >= 4 is 33.7 Å². The van der Waals surface area contributed by atoms with Crippen molar-refractivity contribution in [3.8, 4) is 5.75 Å². The molecular formula is C22H15BrO5. The van der Waals surface area contributed by atoms with Gasteiger partial charge in [-0.05, 0) is 60.7 Å². The smallest absolute Gasteiger partial charge is 0.343 e. The molecule has 3 rings (SSSR count). The van der Waals surface area contributed by atoms with Crippen molar-refractivity contribution in [2.24, 2.45) is 0 Å². The molecule has 0 amide bonds. The Hall–Kier alpha value is -3.25. The van der Waals surface area contributed by atoms with Gasteiger partial charge in [-0.3, -0.25) is 4.79 Å². The fraction of sp³-hybridized carbons (Fsp3) is 0.0455. The standard InChI is InChI=1S/C22H15BrO5/c23-18-10-6-17(7-11-18)22(26)28-19-12-8-15(9-13-19)20(24)14-27-21(25)16-4-2-1-3-5-16/h1-13H,14H2. The van der Waals surface area contributed by atoms with Gasteiger partial charge in [0.15, 0.2) is 12.4 Å². The SMILES string of the molecule is O=C(COC(=O)c1ccccc1)c1ccc(OC(=O)c2ccc(Br)cc2)cc1. The number of benzene rings is 3. The van der Waals surface area contributed by atoms with Gasteiger partial charge in [0.1, 0.15) is 5.75 Å². The second-order valence-electron chi connectivity index (χ2n) is 5.79. The molecule has 0 N–H and O–H groups in total. The van der Waals surface area contributed by atoms with E-state index in [9.17, 15) is 14.4 Å². The molecule has 0 aliphatic carbocycles. The van der Waals surface area contributed by atoms with Gasteiger partial charge >= 0.3 is 11.9 Å². The van der Waals surface area contributed by atoms with Gasteiger partial charge in [-0.1, -0.05) is 34.1 Å². The van der Waals surface area contributed by atoms with Crippen LogP contribution in [0.25, 0.3) is 0 Å². The molecule has 0 heterocycles. The summed E-state index contributed by atoms with van der Waals surface area (Å²) < 4.78 is 11.2. The van der Waals surface area contributed by atoms with Crippen molar-refractivity contribution in [1.29, 1.82) is 0 Å². The van der Waals surface area contributed by atoms with Crippen molar-refractivity contribution in [2.45, 2.75) is 0 Å². The summed E-state index contributed by atoms with van der Waals surface area (Å²) in [4.78, 5) is 36.1. The number of esters is 2. The van der Waals surface area contributed by atoms with Crippen LogP contribution in [0.4, 0.5) is 0 Å². The van der Waals surface area contributed by atoms with Crippen LogP contribution in [0.3, 0.4) is 0 Å². The van der Waals surface area contributed by atoms with Crippen LogP contribution in [0, 0.1) is 0 Å². The van der Waals surface area contributed by atoms with Gasteiger partial charge in [0, 0.05) is 10.0 Å². The quantitative estimate of drug-likeness (QED) is 0.316. The van der Waals surface area contributed by atoms with Gasteiger partial charge in [-0.25, -0.2) is 9.59 Å². The molecule has 28 heavy (non-hydrogen) atoms. The van der Waals surface area contributed by atoms with Crippen LogP contribution < -0.4 is 4.74 Å². The number of Topliss-reactive ketones (excluding diaryl/α,β-unsaturated/α-hetero) is 1. The molecule has 140 valence electrons. The molecule has 0 spiro atoms. The Labute approximate surface area is 170 Å². The minimum atomic E-state index is -0.561. The Bertz CT molecular complexity index is 980. The maximum Gasteiger partial charge on any atom is 0.343 e. The number of ether oxygens (including phenoxy) is 2. The van der Waals surface area contributed by atoms with Crippen molar-refractivity contribution in [3.05, 3.63) is 100 Å². The van der Waals surface area contributed by atoms with E-state index in [2.05, 4.69) is 15.9 Å². The van der Waals surface area contributed by atoms with E-state index in [1.165, 1.54) is 24.3 Å². The zero-order valence-electron chi connectivity index (χ0n) is 14.6. The molecule has 3 aromatic carbocycles. The highest BCUT2D eigenvalue weighted by Crippen LogP contribution is 2.16. The molecule has 6 heteroatoms. The lowest BCUT2D eigenvalue weighted by atomic mass is 10.1. The van der Waals surface area contributed by atoms with Crippen LogP contribution >= 0.6 is 15.9 Å². The first kappa shape index (κ1) is 19.5. The van der Waals surface area contributed by atoms with Crippen molar-refractivity contribution in [1.82, 2.24) is 0 Å². The Morgan fingerprint density at radius 1 is 0.679 bits per heavy atom. The molecule has 0 saturated heterocycles. The highest BCUT2D eigenvalue weighted by Gasteiger charge is 2.13. The zero-order valence-corrected chi connectivity index (χ0v) is 16.2. The van der Waals surface area contributed by atoms with Crippen molar-refractivity contribution in [2.75, 3.05) is 6.61 Å². The topological polar surface area (TPSA) is 69.7 Å². The van der Waals surface area contributed by atoms with Crippen LogP contribution in [0.2, 0.25) is 0 Å².